The summed E-state index contributed by atoms with van der Waals surface area (Å²) in [4.78, 5) is 12.7. The van der Waals surface area contributed by atoms with Crippen molar-refractivity contribution < 1.29 is 13.2 Å². The summed E-state index contributed by atoms with van der Waals surface area (Å²) in [5, 5.41) is 3.79. The lowest BCUT2D eigenvalue weighted by Gasteiger charge is -2.32. The van der Waals surface area contributed by atoms with E-state index in [4.69, 9.17) is 23.2 Å². The molecule has 2 aromatic rings. The van der Waals surface area contributed by atoms with E-state index in [2.05, 4.69) is 5.32 Å². The Kier molecular flexibility index (Phi) is 7.22. The molecular weight excluding hydrogens is 431 g/mol. The summed E-state index contributed by atoms with van der Waals surface area (Å²) < 4.78 is 27.2. The average Bonchev–Trinajstić information content (AvgIpc) is 2.71. The molecule has 1 N–H and O–H groups in total. The summed E-state index contributed by atoms with van der Waals surface area (Å²) in [7, 11) is -3.59. The predicted octanol–water partition coefficient (Wildman–Crippen LogP) is 4.41. The molecule has 1 saturated heterocycles. The molecule has 1 aliphatic rings. The molecular formula is C21H24Cl2N2O3S. The minimum Gasteiger partial charge on any atom is -0.349 e. The molecule has 29 heavy (non-hydrogen) atoms. The fraction of sp³-hybridized carbons (Fsp3) is 0.381. The van der Waals surface area contributed by atoms with E-state index in [1.54, 1.807) is 12.1 Å². The van der Waals surface area contributed by atoms with Crippen LogP contribution in [0.4, 0.5) is 0 Å². The number of halogens is 2. The number of sulfonamides is 1. The van der Waals surface area contributed by atoms with Crippen molar-refractivity contribution in [3.8, 4) is 0 Å². The lowest BCUT2D eigenvalue weighted by Crippen LogP contribution is -2.46. The van der Waals surface area contributed by atoms with E-state index in [0.29, 0.717) is 35.0 Å². The van der Waals surface area contributed by atoms with Crippen molar-refractivity contribution in [3.63, 3.8) is 0 Å². The standard InChI is InChI=1S/C21H24Cl2N2O3S/c1-15(16-6-3-2-4-7-16)24-21(26)17-8-5-11-25(13-17)29(27,28)14-18-9-10-19(22)12-20(18)23/h2-4,6-7,9-10,12,15,17H,5,8,11,13-14H2,1H3,(H,24,26). The highest BCUT2D eigenvalue weighted by molar-refractivity contribution is 7.88. The first-order valence-electron chi connectivity index (χ1n) is 9.53. The van der Waals surface area contributed by atoms with Gasteiger partial charge in [-0.1, -0.05) is 59.6 Å². The van der Waals surface area contributed by atoms with Gasteiger partial charge in [-0.3, -0.25) is 4.79 Å². The molecule has 156 valence electrons. The molecule has 0 aromatic heterocycles. The first-order valence-corrected chi connectivity index (χ1v) is 11.9. The normalized spacial score (nSPS) is 18.9. The Hall–Kier alpha value is -1.60. The minimum absolute atomic E-state index is 0.120. The Morgan fingerprint density at radius 3 is 2.62 bits per heavy atom. The van der Waals surface area contributed by atoms with Gasteiger partial charge in [-0.15, -0.1) is 0 Å². The summed E-state index contributed by atoms with van der Waals surface area (Å²) in [5.41, 5.74) is 1.51. The topological polar surface area (TPSA) is 66.5 Å². The lowest BCUT2D eigenvalue weighted by atomic mass is 9.98. The van der Waals surface area contributed by atoms with Crippen LogP contribution in [0.15, 0.2) is 48.5 Å². The third-order valence-electron chi connectivity index (χ3n) is 5.16. The molecule has 0 spiro atoms. The van der Waals surface area contributed by atoms with Crippen molar-refractivity contribution in [1.82, 2.24) is 9.62 Å². The van der Waals surface area contributed by atoms with Crippen molar-refractivity contribution in [2.45, 2.75) is 31.6 Å². The second-order valence-corrected chi connectivity index (χ2v) is 10.1. The Morgan fingerprint density at radius 1 is 1.21 bits per heavy atom. The fourth-order valence-corrected chi connectivity index (χ4v) is 5.69. The van der Waals surface area contributed by atoms with Gasteiger partial charge in [0.05, 0.1) is 17.7 Å². The van der Waals surface area contributed by atoms with Gasteiger partial charge in [0.25, 0.3) is 0 Å². The summed E-state index contributed by atoms with van der Waals surface area (Å²) in [6.07, 6.45) is 1.31. The van der Waals surface area contributed by atoms with Crippen molar-refractivity contribution in [3.05, 3.63) is 69.7 Å². The second-order valence-electron chi connectivity index (χ2n) is 7.33. The summed E-state index contributed by atoms with van der Waals surface area (Å²) in [6.45, 7) is 2.51. The third-order valence-corrected chi connectivity index (χ3v) is 7.54. The number of carbonyl (C=O) groups is 1. The van der Waals surface area contributed by atoms with Gasteiger partial charge in [0.15, 0.2) is 0 Å². The van der Waals surface area contributed by atoms with Crippen LogP contribution in [0.5, 0.6) is 0 Å². The molecule has 5 nitrogen and oxygen atoms in total. The summed E-state index contributed by atoms with van der Waals surface area (Å²) in [6, 6.07) is 14.3. The minimum atomic E-state index is -3.59. The first kappa shape index (κ1) is 22.1. The number of amides is 1. The Balaban J connectivity index is 1.65. The largest absolute Gasteiger partial charge is 0.349 e. The van der Waals surface area contributed by atoms with Gasteiger partial charge in [0, 0.05) is 23.1 Å². The highest BCUT2D eigenvalue weighted by Crippen LogP contribution is 2.26. The van der Waals surface area contributed by atoms with Gasteiger partial charge >= 0.3 is 0 Å². The molecule has 1 heterocycles. The number of rotatable bonds is 6. The second kappa shape index (κ2) is 9.47. The van der Waals surface area contributed by atoms with E-state index >= 15 is 0 Å². The maximum atomic E-state index is 12.9. The molecule has 1 fully saturated rings. The molecule has 2 aromatic carbocycles. The van der Waals surface area contributed by atoms with E-state index in [1.165, 1.54) is 10.4 Å². The maximum Gasteiger partial charge on any atom is 0.224 e. The number of nitrogens with zero attached hydrogens (tertiary/aromatic N) is 1. The molecule has 0 saturated carbocycles. The monoisotopic (exact) mass is 454 g/mol. The van der Waals surface area contributed by atoms with Crippen molar-refractivity contribution in [1.29, 1.82) is 0 Å². The van der Waals surface area contributed by atoms with Crippen LogP contribution < -0.4 is 5.32 Å². The quantitative estimate of drug-likeness (QED) is 0.702. The van der Waals surface area contributed by atoms with Gasteiger partial charge in [-0.05, 0) is 43.0 Å². The first-order chi connectivity index (χ1) is 13.8. The van der Waals surface area contributed by atoms with Crippen LogP contribution in [0, 0.1) is 5.92 Å². The maximum absolute atomic E-state index is 12.9. The summed E-state index contributed by atoms with van der Waals surface area (Å²) in [5.74, 6) is -0.700. The fourth-order valence-electron chi connectivity index (χ4n) is 3.49. The van der Waals surface area contributed by atoms with Gasteiger partial charge in [-0.2, -0.15) is 0 Å². The molecule has 0 aliphatic carbocycles. The Labute approximate surface area is 182 Å². The molecule has 0 radical (unpaired) electrons. The molecule has 2 unspecified atom stereocenters. The Bertz CT molecular complexity index is 967. The molecule has 2 atom stereocenters. The zero-order valence-corrected chi connectivity index (χ0v) is 18.5. The van der Waals surface area contributed by atoms with Crippen LogP contribution >= 0.6 is 23.2 Å². The number of nitrogens with one attached hydrogen (secondary N) is 1. The van der Waals surface area contributed by atoms with Crippen molar-refractivity contribution >= 4 is 39.1 Å². The zero-order chi connectivity index (χ0) is 21.0. The Morgan fingerprint density at radius 2 is 1.93 bits per heavy atom. The number of hydrogen-bond acceptors (Lipinski definition) is 3. The number of piperidine rings is 1. The van der Waals surface area contributed by atoms with Gasteiger partial charge in [0.2, 0.25) is 15.9 Å². The van der Waals surface area contributed by atoms with Crippen LogP contribution in [0.2, 0.25) is 10.0 Å². The van der Waals surface area contributed by atoms with E-state index in [-0.39, 0.29) is 30.2 Å². The van der Waals surface area contributed by atoms with E-state index < -0.39 is 10.0 Å². The van der Waals surface area contributed by atoms with E-state index in [1.807, 2.05) is 37.3 Å². The lowest BCUT2D eigenvalue weighted by molar-refractivity contribution is -0.126. The van der Waals surface area contributed by atoms with Crippen LogP contribution in [0.25, 0.3) is 0 Å². The van der Waals surface area contributed by atoms with Crippen LogP contribution in [-0.2, 0) is 20.6 Å². The predicted molar refractivity (Wildman–Crippen MR) is 116 cm³/mol. The van der Waals surface area contributed by atoms with Crippen molar-refractivity contribution in [2.24, 2.45) is 5.92 Å². The van der Waals surface area contributed by atoms with Crippen LogP contribution in [-0.4, -0.2) is 31.7 Å². The SMILES string of the molecule is CC(NC(=O)C1CCCN(S(=O)(=O)Cc2ccc(Cl)cc2Cl)C1)c1ccccc1. The van der Waals surface area contributed by atoms with E-state index in [9.17, 15) is 13.2 Å². The van der Waals surface area contributed by atoms with Gasteiger partial charge in [0.1, 0.15) is 0 Å². The highest BCUT2D eigenvalue weighted by atomic mass is 35.5. The summed E-state index contributed by atoms with van der Waals surface area (Å²) >= 11 is 12.0. The number of benzene rings is 2. The van der Waals surface area contributed by atoms with E-state index in [0.717, 1.165) is 5.56 Å². The highest BCUT2D eigenvalue weighted by Gasteiger charge is 2.33. The van der Waals surface area contributed by atoms with Gasteiger partial charge in [-0.25, -0.2) is 12.7 Å². The van der Waals surface area contributed by atoms with Crippen molar-refractivity contribution in [2.75, 3.05) is 13.1 Å². The smallest absolute Gasteiger partial charge is 0.224 e. The molecule has 8 heteroatoms. The third kappa shape index (κ3) is 5.72. The van der Waals surface area contributed by atoms with Crippen LogP contribution in [0.3, 0.4) is 0 Å². The average molecular weight is 455 g/mol. The molecule has 1 amide bonds. The number of hydrogen-bond donors (Lipinski definition) is 1. The molecule has 3 rings (SSSR count). The van der Waals surface area contributed by atoms with Gasteiger partial charge < -0.3 is 5.32 Å². The zero-order valence-electron chi connectivity index (χ0n) is 16.1. The molecule has 0 bridgehead atoms. The van der Waals surface area contributed by atoms with Crippen LogP contribution in [0.1, 0.15) is 36.9 Å². The molecule has 1 aliphatic heterocycles. The number of carbonyl (C=O) groups excluding carboxylic acids is 1.